The second-order valence-corrected chi connectivity index (χ2v) is 6.48. The summed E-state index contributed by atoms with van der Waals surface area (Å²) in [4.78, 5) is 5.30. The van der Waals surface area contributed by atoms with E-state index in [1.165, 1.54) is 51.9 Å². The Morgan fingerprint density at radius 2 is 1.83 bits per heavy atom. The van der Waals surface area contributed by atoms with Gasteiger partial charge in [0.1, 0.15) is 0 Å². The third kappa shape index (κ3) is 3.25. The van der Waals surface area contributed by atoms with E-state index in [2.05, 4.69) is 30.6 Å². The van der Waals surface area contributed by atoms with Gasteiger partial charge in [0.05, 0.1) is 0 Å². The van der Waals surface area contributed by atoms with Crippen LogP contribution in [-0.4, -0.2) is 54.1 Å². The number of nitrogens with zero attached hydrogens (tertiary/aromatic N) is 2. The summed E-state index contributed by atoms with van der Waals surface area (Å²) in [5.41, 5.74) is 6.34. The molecule has 3 heteroatoms. The highest BCUT2D eigenvalue weighted by Gasteiger charge is 2.32. The van der Waals surface area contributed by atoms with Crippen LogP contribution in [0.15, 0.2) is 0 Å². The van der Waals surface area contributed by atoms with Gasteiger partial charge in [-0.3, -0.25) is 9.80 Å². The summed E-state index contributed by atoms with van der Waals surface area (Å²) in [7, 11) is 0. The highest BCUT2D eigenvalue weighted by atomic mass is 15.3. The molecule has 2 rings (SSSR count). The predicted octanol–water partition coefficient (Wildman–Crippen LogP) is 1.92. The Balaban J connectivity index is 1.85. The van der Waals surface area contributed by atoms with Gasteiger partial charge >= 0.3 is 0 Å². The molecule has 0 aromatic heterocycles. The molecule has 1 saturated heterocycles. The number of hydrogen-bond donors (Lipinski definition) is 1. The second-order valence-electron chi connectivity index (χ2n) is 6.48. The minimum atomic E-state index is 0.413. The van der Waals surface area contributed by atoms with Crippen LogP contribution in [-0.2, 0) is 0 Å². The summed E-state index contributed by atoms with van der Waals surface area (Å²) in [6.45, 7) is 11.9. The molecule has 2 aliphatic rings. The molecule has 4 atom stereocenters. The number of rotatable bonds is 3. The van der Waals surface area contributed by atoms with Gasteiger partial charge in [-0.25, -0.2) is 0 Å². The van der Waals surface area contributed by atoms with Gasteiger partial charge in [-0.05, 0) is 38.5 Å². The first-order valence-corrected chi connectivity index (χ1v) is 7.85. The van der Waals surface area contributed by atoms with E-state index in [-0.39, 0.29) is 0 Å². The summed E-state index contributed by atoms with van der Waals surface area (Å²) in [5.74, 6) is 0.863. The Bertz CT molecular complexity index is 248. The van der Waals surface area contributed by atoms with Gasteiger partial charge in [-0.15, -0.1) is 0 Å². The molecule has 0 aromatic carbocycles. The first kappa shape index (κ1) is 14.3. The Hall–Kier alpha value is -0.120. The molecule has 1 saturated carbocycles. The highest BCUT2D eigenvalue weighted by molar-refractivity contribution is 4.90. The van der Waals surface area contributed by atoms with Gasteiger partial charge in [0.2, 0.25) is 0 Å². The van der Waals surface area contributed by atoms with Crippen LogP contribution in [0.25, 0.3) is 0 Å². The third-order valence-corrected chi connectivity index (χ3v) is 5.16. The molecule has 0 aromatic rings. The average molecular weight is 253 g/mol. The fraction of sp³-hybridized carbons (Fsp3) is 1.00. The van der Waals surface area contributed by atoms with E-state index in [1.807, 2.05) is 0 Å². The van der Waals surface area contributed by atoms with Gasteiger partial charge < -0.3 is 5.73 Å². The summed E-state index contributed by atoms with van der Waals surface area (Å²) in [6, 6.07) is 1.80. The van der Waals surface area contributed by atoms with Gasteiger partial charge in [0.15, 0.2) is 0 Å². The zero-order chi connectivity index (χ0) is 13.1. The lowest BCUT2D eigenvalue weighted by atomic mass is 9.82. The maximum Gasteiger partial charge on any atom is 0.0250 e. The lowest BCUT2D eigenvalue weighted by Gasteiger charge is -2.45. The molecule has 18 heavy (non-hydrogen) atoms. The number of nitrogens with two attached hydrogens (primary N) is 1. The van der Waals surface area contributed by atoms with Crippen molar-refractivity contribution < 1.29 is 0 Å². The normalized spacial score (nSPS) is 37.7. The number of piperazine rings is 1. The lowest BCUT2D eigenvalue weighted by Crippen LogP contribution is -2.58. The lowest BCUT2D eigenvalue weighted by molar-refractivity contribution is 0.0436. The van der Waals surface area contributed by atoms with E-state index in [4.69, 9.17) is 5.73 Å². The van der Waals surface area contributed by atoms with Crippen LogP contribution >= 0.6 is 0 Å². The summed E-state index contributed by atoms with van der Waals surface area (Å²) in [6.07, 6.45) is 5.12. The van der Waals surface area contributed by atoms with Gasteiger partial charge in [-0.1, -0.05) is 13.8 Å². The van der Waals surface area contributed by atoms with Crippen LogP contribution in [0, 0.1) is 5.92 Å². The quantitative estimate of drug-likeness (QED) is 0.834. The van der Waals surface area contributed by atoms with Crippen molar-refractivity contribution in [3.8, 4) is 0 Å². The average Bonchev–Trinajstić information content (AvgIpc) is 2.41. The molecule has 0 amide bonds. The van der Waals surface area contributed by atoms with Crippen molar-refractivity contribution in [1.82, 2.24) is 9.80 Å². The van der Waals surface area contributed by atoms with Crippen LogP contribution in [0.2, 0.25) is 0 Å². The minimum absolute atomic E-state index is 0.413. The maximum atomic E-state index is 6.34. The van der Waals surface area contributed by atoms with Crippen molar-refractivity contribution in [1.29, 1.82) is 0 Å². The predicted molar refractivity (Wildman–Crippen MR) is 77.7 cm³/mol. The molecule has 2 fully saturated rings. The van der Waals surface area contributed by atoms with E-state index in [9.17, 15) is 0 Å². The standard InChI is InChI=1S/C15H31N3/c1-4-13(3)17-7-9-18(10-8-17)15-11-12(2)5-6-14(15)16/h12-15H,4-11,16H2,1-3H3. The second kappa shape index (κ2) is 6.36. The summed E-state index contributed by atoms with van der Waals surface area (Å²) >= 11 is 0. The van der Waals surface area contributed by atoms with Crippen LogP contribution in [0.1, 0.15) is 46.5 Å². The topological polar surface area (TPSA) is 32.5 Å². The van der Waals surface area contributed by atoms with Crippen molar-refractivity contribution >= 4 is 0 Å². The first-order valence-electron chi connectivity index (χ1n) is 7.85. The SMILES string of the molecule is CCC(C)N1CCN(C2CC(C)CCC2N)CC1. The van der Waals surface area contributed by atoms with Gasteiger partial charge in [0.25, 0.3) is 0 Å². The molecule has 1 heterocycles. The van der Waals surface area contributed by atoms with E-state index in [0.29, 0.717) is 12.1 Å². The van der Waals surface area contributed by atoms with Crippen LogP contribution in [0.3, 0.4) is 0 Å². The summed E-state index contributed by atoms with van der Waals surface area (Å²) < 4.78 is 0. The van der Waals surface area contributed by atoms with Crippen molar-refractivity contribution in [2.45, 2.75) is 64.6 Å². The zero-order valence-electron chi connectivity index (χ0n) is 12.4. The molecule has 4 unspecified atom stereocenters. The molecule has 106 valence electrons. The van der Waals surface area contributed by atoms with Crippen LogP contribution in [0.4, 0.5) is 0 Å². The van der Waals surface area contributed by atoms with E-state index in [0.717, 1.165) is 12.0 Å². The molecular formula is C15H31N3. The molecule has 2 N–H and O–H groups in total. The highest BCUT2D eigenvalue weighted by Crippen LogP contribution is 2.27. The van der Waals surface area contributed by atoms with Gasteiger partial charge in [-0.2, -0.15) is 0 Å². The van der Waals surface area contributed by atoms with E-state index in [1.54, 1.807) is 0 Å². The molecule has 1 aliphatic heterocycles. The first-order chi connectivity index (χ1) is 8.61. The van der Waals surface area contributed by atoms with Crippen LogP contribution in [0.5, 0.6) is 0 Å². The Labute approximate surface area is 113 Å². The monoisotopic (exact) mass is 253 g/mol. The fourth-order valence-corrected chi connectivity index (χ4v) is 3.56. The van der Waals surface area contributed by atoms with E-state index < -0.39 is 0 Å². The summed E-state index contributed by atoms with van der Waals surface area (Å²) in [5, 5.41) is 0. The van der Waals surface area contributed by atoms with Crippen molar-refractivity contribution in [2.75, 3.05) is 26.2 Å². The Kier molecular flexibility index (Phi) is 5.05. The number of hydrogen-bond acceptors (Lipinski definition) is 3. The maximum absolute atomic E-state index is 6.34. The Morgan fingerprint density at radius 3 is 2.44 bits per heavy atom. The molecule has 0 radical (unpaired) electrons. The molecular weight excluding hydrogens is 222 g/mol. The smallest absolute Gasteiger partial charge is 0.0250 e. The fourth-order valence-electron chi connectivity index (χ4n) is 3.56. The molecule has 0 bridgehead atoms. The van der Waals surface area contributed by atoms with Crippen molar-refractivity contribution in [2.24, 2.45) is 11.7 Å². The van der Waals surface area contributed by atoms with Crippen molar-refractivity contribution in [3.63, 3.8) is 0 Å². The molecule has 3 nitrogen and oxygen atoms in total. The minimum Gasteiger partial charge on any atom is -0.326 e. The van der Waals surface area contributed by atoms with Gasteiger partial charge in [0, 0.05) is 44.3 Å². The Morgan fingerprint density at radius 1 is 1.17 bits per heavy atom. The molecule has 0 spiro atoms. The van der Waals surface area contributed by atoms with Crippen LogP contribution < -0.4 is 5.73 Å². The molecule has 1 aliphatic carbocycles. The van der Waals surface area contributed by atoms with E-state index >= 15 is 0 Å². The zero-order valence-corrected chi connectivity index (χ0v) is 12.4. The third-order valence-electron chi connectivity index (χ3n) is 5.16. The van der Waals surface area contributed by atoms with Crippen molar-refractivity contribution in [3.05, 3.63) is 0 Å². The largest absolute Gasteiger partial charge is 0.326 e.